The van der Waals surface area contributed by atoms with Crippen LogP contribution < -0.4 is 15.6 Å². The van der Waals surface area contributed by atoms with Gasteiger partial charge in [0.1, 0.15) is 11.8 Å². The first-order valence-corrected chi connectivity index (χ1v) is 14.4. The Morgan fingerprint density at radius 3 is 2.62 bits per heavy atom. The van der Waals surface area contributed by atoms with E-state index >= 15 is 0 Å². The van der Waals surface area contributed by atoms with Crippen LogP contribution in [0, 0.1) is 11.8 Å². The van der Waals surface area contributed by atoms with Gasteiger partial charge in [0.15, 0.2) is 0 Å². The van der Waals surface area contributed by atoms with Crippen molar-refractivity contribution < 1.29 is 39.7 Å². The number of aliphatic hydroxyl groups is 1. The van der Waals surface area contributed by atoms with Crippen LogP contribution in [0.2, 0.25) is 0 Å². The maximum Gasteiger partial charge on any atom is 0.328 e. The van der Waals surface area contributed by atoms with Gasteiger partial charge in [-0.25, -0.2) is 4.79 Å². The van der Waals surface area contributed by atoms with E-state index in [1.165, 1.54) is 19.2 Å². The van der Waals surface area contributed by atoms with Gasteiger partial charge in [-0.2, -0.15) is 0 Å². The number of esters is 1. The van der Waals surface area contributed by atoms with E-state index < -0.39 is 23.9 Å². The molecule has 1 aromatic carbocycles. The molecule has 0 aromatic heterocycles. The number of rotatable bonds is 18. The Hall–Kier alpha value is -2.95. The van der Waals surface area contributed by atoms with Crippen LogP contribution >= 0.6 is 0 Å². The number of ketones is 1. The van der Waals surface area contributed by atoms with Crippen molar-refractivity contribution in [1.29, 1.82) is 0 Å². The van der Waals surface area contributed by atoms with Crippen LogP contribution in [0.4, 0.5) is 5.69 Å². The van der Waals surface area contributed by atoms with E-state index in [0.29, 0.717) is 24.2 Å². The zero-order valence-corrected chi connectivity index (χ0v) is 23.7. The van der Waals surface area contributed by atoms with Gasteiger partial charge in [0.2, 0.25) is 5.91 Å². The number of anilines is 1. The molecule has 2 rings (SSSR count). The zero-order valence-electron chi connectivity index (χ0n) is 23.7. The third kappa shape index (κ3) is 11.3. The maximum absolute atomic E-state index is 12.5. The second kappa shape index (κ2) is 17.7. The number of hydrogen-bond donors (Lipinski definition) is 4. The molecule has 0 heterocycles. The third-order valence-electron chi connectivity index (χ3n) is 7.51. The number of amides is 1. The van der Waals surface area contributed by atoms with Crippen molar-refractivity contribution in [1.82, 2.24) is 5.32 Å². The topological polar surface area (TPSA) is 159 Å². The van der Waals surface area contributed by atoms with E-state index in [-0.39, 0.29) is 41.5 Å². The largest absolute Gasteiger partial charge is 0.871 e. The minimum Gasteiger partial charge on any atom is -0.871 e. The van der Waals surface area contributed by atoms with Crippen molar-refractivity contribution in [3.63, 3.8) is 0 Å². The van der Waals surface area contributed by atoms with Gasteiger partial charge in [-0.1, -0.05) is 75.5 Å². The molecule has 40 heavy (non-hydrogen) atoms. The summed E-state index contributed by atoms with van der Waals surface area (Å²) in [5.74, 6) is -1.07. The molecule has 0 saturated heterocycles. The molecule has 1 aliphatic rings. The average molecular weight is 562 g/mol. The molecule has 0 radical (unpaired) electrons. The number of Topliss-reactive ketones (excluding diaryl/α,β-unsaturated/α-hetero) is 1. The molecule has 1 saturated carbocycles. The van der Waals surface area contributed by atoms with Crippen molar-refractivity contribution in [3.05, 3.63) is 35.9 Å². The van der Waals surface area contributed by atoms with Crippen molar-refractivity contribution in [2.75, 3.05) is 12.3 Å². The van der Waals surface area contributed by atoms with Crippen molar-refractivity contribution in [3.8, 4) is 5.75 Å². The second-order valence-corrected chi connectivity index (χ2v) is 10.6. The molecular formula is C30H45N2O8-. The number of carbonyl (C=O) groups excluding carboxylic acids is 3. The van der Waals surface area contributed by atoms with E-state index in [1.807, 2.05) is 12.2 Å². The van der Waals surface area contributed by atoms with Gasteiger partial charge < -0.3 is 20.3 Å². The van der Waals surface area contributed by atoms with E-state index in [4.69, 9.17) is 4.74 Å². The van der Waals surface area contributed by atoms with Gasteiger partial charge in [0, 0.05) is 25.2 Å². The maximum atomic E-state index is 12.5. The summed E-state index contributed by atoms with van der Waals surface area (Å²) in [7, 11) is 1.21. The third-order valence-corrected chi connectivity index (χ3v) is 7.51. The Kier molecular flexibility index (Phi) is 14.7. The van der Waals surface area contributed by atoms with E-state index in [2.05, 4.69) is 12.2 Å². The highest BCUT2D eigenvalue weighted by atomic mass is 16.8. The van der Waals surface area contributed by atoms with Gasteiger partial charge in [0.25, 0.3) is 0 Å². The lowest BCUT2D eigenvalue weighted by molar-refractivity contribution is -0.268. The van der Waals surface area contributed by atoms with Crippen LogP contribution in [-0.4, -0.2) is 52.4 Å². The molecule has 1 aromatic rings. The lowest BCUT2D eigenvalue weighted by atomic mass is 9.89. The fraction of sp³-hybridized carbons (Fsp3) is 0.633. The van der Waals surface area contributed by atoms with Crippen LogP contribution in [0.3, 0.4) is 0 Å². The molecular weight excluding hydrogens is 516 g/mol. The van der Waals surface area contributed by atoms with Crippen LogP contribution in [-0.2, 0) is 25.5 Å². The van der Waals surface area contributed by atoms with E-state index in [9.17, 15) is 35.0 Å². The first-order valence-electron chi connectivity index (χ1n) is 14.4. The number of nitrogens with one attached hydrogen (secondary N) is 1. The number of carbonyl (C=O) groups is 3. The number of nitrogens with zero attached hydrogens (tertiary/aromatic N) is 1. The minimum atomic E-state index is -0.989. The zero-order chi connectivity index (χ0) is 29.5. The summed E-state index contributed by atoms with van der Waals surface area (Å²) in [6.45, 7) is 2.13. The van der Waals surface area contributed by atoms with Crippen LogP contribution in [0.15, 0.2) is 30.4 Å². The fourth-order valence-electron chi connectivity index (χ4n) is 5.20. The smallest absolute Gasteiger partial charge is 0.328 e. The summed E-state index contributed by atoms with van der Waals surface area (Å²) in [5.41, 5.74) is 0.0769. The SMILES string of the molecule is CCCCC[C@@H](O)/C=C/[C@H]1CCC(=O)[C@@H]1CCCCCCC(=O)NC(Cc1ccc([O-])c(N(O)O)c1)C(=O)OC. The second-order valence-electron chi connectivity index (χ2n) is 10.6. The van der Waals surface area contributed by atoms with E-state index in [1.54, 1.807) is 0 Å². The highest BCUT2D eigenvalue weighted by Gasteiger charge is 2.32. The molecule has 0 bridgehead atoms. The van der Waals surface area contributed by atoms with Crippen LogP contribution in [0.25, 0.3) is 0 Å². The minimum absolute atomic E-state index is 0.00291. The standard InChI is InChI=1S/C30H46N2O8/c1-3-4-7-10-23(33)16-14-22-15-18-27(34)24(22)11-8-5-6-9-12-29(36)31-25(30(37)40-2)19-21-13-17-28(35)26(20-21)32(38)39/h13-14,16-17,20,22-25,33,35,38-39H,3-12,15,18-19H2,1-2H3,(H,31,36)/p-1/b16-14+/t22-,23+,24+,25?/m0/s1. The Morgan fingerprint density at radius 2 is 1.93 bits per heavy atom. The molecule has 4 atom stereocenters. The number of methoxy groups -OCH3 is 1. The molecule has 0 aliphatic heterocycles. The highest BCUT2D eigenvalue weighted by molar-refractivity contribution is 5.85. The van der Waals surface area contributed by atoms with Crippen LogP contribution in [0.5, 0.6) is 5.75 Å². The highest BCUT2D eigenvalue weighted by Crippen LogP contribution is 2.34. The number of aliphatic hydroxyl groups excluding tert-OH is 1. The summed E-state index contributed by atoms with van der Waals surface area (Å²) < 4.78 is 4.79. The first-order chi connectivity index (χ1) is 19.2. The number of hydrogen-bond acceptors (Lipinski definition) is 9. The molecule has 4 N–H and O–H groups in total. The summed E-state index contributed by atoms with van der Waals surface area (Å²) in [6, 6.07) is 2.84. The Bertz CT molecular complexity index is 980. The molecule has 10 nitrogen and oxygen atoms in total. The lowest BCUT2D eigenvalue weighted by Gasteiger charge is -2.20. The Labute approximate surface area is 236 Å². The fourth-order valence-corrected chi connectivity index (χ4v) is 5.20. The molecule has 1 unspecified atom stereocenters. The Morgan fingerprint density at radius 1 is 1.18 bits per heavy atom. The van der Waals surface area contributed by atoms with E-state index in [0.717, 1.165) is 63.9 Å². The molecule has 224 valence electrons. The predicted octanol–water partition coefficient (Wildman–Crippen LogP) is 3.98. The summed E-state index contributed by atoms with van der Waals surface area (Å²) in [5, 5.41) is 42.6. The number of unbranched alkanes of at least 4 members (excludes halogenated alkanes) is 5. The molecule has 0 spiro atoms. The summed E-state index contributed by atoms with van der Waals surface area (Å²) >= 11 is 0. The molecule has 1 fully saturated rings. The quantitative estimate of drug-likeness (QED) is 0.0900. The molecule has 1 amide bonds. The normalized spacial score (nSPS) is 18.6. The van der Waals surface area contributed by atoms with Crippen molar-refractivity contribution in [2.45, 2.75) is 103 Å². The van der Waals surface area contributed by atoms with Gasteiger partial charge in [-0.05, 0) is 43.2 Å². The van der Waals surface area contributed by atoms with Gasteiger partial charge in [0.05, 0.1) is 18.9 Å². The van der Waals surface area contributed by atoms with Crippen molar-refractivity contribution >= 4 is 23.3 Å². The number of ether oxygens (including phenoxy) is 1. The van der Waals surface area contributed by atoms with Gasteiger partial charge in [-0.15, -0.1) is 5.23 Å². The number of benzene rings is 1. The first kappa shape index (κ1) is 33.3. The molecule has 10 heteroatoms. The van der Waals surface area contributed by atoms with Gasteiger partial charge in [-0.3, -0.25) is 20.0 Å². The lowest BCUT2D eigenvalue weighted by Crippen LogP contribution is -2.43. The van der Waals surface area contributed by atoms with Gasteiger partial charge >= 0.3 is 5.97 Å². The predicted molar refractivity (Wildman–Crippen MR) is 148 cm³/mol. The Balaban J connectivity index is 1.74. The molecule has 1 aliphatic carbocycles. The average Bonchev–Trinajstić information content (AvgIpc) is 3.28. The summed E-state index contributed by atoms with van der Waals surface area (Å²) in [4.78, 5) is 37.1. The monoisotopic (exact) mass is 561 g/mol. The summed E-state index contributed by atoms with van der Waals surface area (Å²) in [6.07, 6.45) is 13.1. The number of allylic oxidation sites excluding steroid dienone is 1. The van der Waals surface area contributed by atoms with Crippen molar-refractivity contribution in [2.24, 2.45) is 11.8 Å². The van der Waals surface area contributed by atoms with Crippen LogP contribution in [0.1, 0.15) is 89.5 Å².